The molecule has 38 heavy (non-hydrogen) atoms. The summed E-state index contributed by atoms with van der Waals surface area (Å²) >= 11 is 5.88. The molecule has 3 heterocycles. The van der Waals surface area contributed by atoms with Gasteiger partial charge in [0.15, 0.2) is 5.11 Å². The summed E-state index contributed by atoms with van der Waals surface area (Å²) in [5, 5.41) is 7.07. The smallest absolute Gasteiger partial charge is 0.229 e. The van der Waals surface area contributed by atoms with Crippen LogP contribution in [-0.4, -0.2) is 27.7 Å². The lowest BCUT2D eigenvalue weighted by Crippen LogP contribution is -2.30. The summed E-state index contributed by atoms with van der Waals surface area (Å²) in [6.45, 7) is 5.63. The Balaban J connectivity index is 1.56. The van der Waals surface area contributed by atoms with Gasteiger partial charge >= 0.3 is 0 Å². The van der Waals surface area contributed by atoms with Gasteiger partial charge in [-0.25, -0.2) is 0 Å². The fourth-order valence-corrected chi connectivity index (χ4v) is 4.91. The van der Waals surface area contributed by atoms with Gasteiger partial charge in [-0.15, -0.1) is 0 Å². The lowest BCUT2D eigenvalue weighted by atomic mass is 9.95. The largest absolute Gasteiger partial charge is 0.494 e. The molecule has 1 saturated heterocycles. The van der Waals surface area contributed by atoms with Crippen LogP contribution in [0.3, 0.4) is 0 Å². The third-order valence-corrected chi connectivity index (χ3v) is 6.92. The minimum Gasteiger partial charge on any atom is -0.494 e. The van der Waals surface area contributed by atoms with E-state index in [9.17, 15) is 4.79 Å². The molecule has 0 bridgehead atoms. The molecule has 7 nitrogen and oxygen atoms in total. The van der Waals surface area contributed by atoms with Gasteiger partial charge in [-0.2, -0.15) is 0 Å². The van der Waals surface area contributed by atoms with E-state index in [4.69, 9.17) is 17.0 Å². The van der Waals surface area contributed by atoms with Crippen LogP contribution in [0.4, 0.5) is 11.4 Å². The van der Waals surface area contributed by atoms with Gasteiger partial charge in [0, 0.05) is 41.4 Å². The van der Waals surface area contributed by atoms with Crippen LogP contribution < -0.4 is 20.3 Å². The molecule has 2 N–H and O–H groups in total. The van der Waals surface area contributed by atoms with Gasteiger partial charge in [-0.05, 0) is 60.2 Å². The highest BCUT2D eigenvalue weighted by Gasteiger charge is 2.41. The topological polar surface area (TPSA) is 71.4 Å². The normalized spacial score (nSPS) is 17.3. The SMILES string of the molecule is COc1cc(N2C(=S)NC(c3ccccn3)C2c2ccn(-c3ccccc3)c2)ccc1NC(=O)C(C)(C)C. The molecule has 1 fully saturated rings. The molecule has 0 radical (unpaired) electrons. The maximum absolute atomic E-state index is 12.6. The number of para-hydroxylation sites is 1. The number of thiocarbonyl (C=S) groups is 1. The summed E-state index contributed by atoms with van der Waals surface area (Å²) < 4.78 is 7.79. The van der Waals surface area contributed by atoms with Crippen LogP contribution in [0.15, 0.2) is 91.4 Å². The molecule has 194 valence electrons. The van der Waals surface area contributed by atoms with Crippen LogP contribution in [-0.2, 0) is 4.79 Å². The molecular formula is C30H31N5O2S. The molecular weight excluding hydrogens is 494 g/mol. The van der Waals surface area contributed by atoms with Crippen molar-refractivity contribution in [1.82, 2.24) is 14.9 Å². The third kappa shape index (κ3) is 4.99. The number of rotatable bonds is 6. The van der Waals surface area contributed by atoms with E-state index in [1.165, 1.54) is 0 Å². The van der Waals surface area contributed by atoms with E-state index >= 15 is 0 Å². The Morgan fingerprint density at radius 3 is 2.47 bits per heavy atom. The lowest BCUT2D eigenvalue weighted by Gasteiger charge is -2.28. The molecule has 2 unspecified atom stereocenters. The van der Waals surface area contributed by atoms with Crippen LogP contribution in [0.5, 0.6) is 5.75 Å². The average Bonchev–Trinajstić information content (AvgIpc) is 3.54. The Morgan fingerprint density at radius 2 is 1.79 bits per heavy atom. The summed E-state index contributed by atoms with van der Waals surface area (Å²) in [6, 6.07) is 23.6. The predicted octanol–water partition coefficient (Wildman–Crippen LogP) is 6.04. The summed E-state index contributed by atoms with van der Waals surface area (Å²) in [7, 11) is 1.60. The number of carbonyl (C=O) groups excluding carboxylic acids is 1. The van der Waals surface area contributed by atoms with Crippen LogP contribution in [0.2, 0.25) is 0 Å². The Labute approximate surface area is 228 Å². The van der Waals surface area contributed by atoms with Crippen LogP contribution in [0, 0.1) is 5.41 Å². The molecule has 2 aromatic carbocycles. The number of hydrogen-bond donors (Lipinski definition) is 2. The number of benzene rings is 2. The van der Waals surface area contributed by atoms with Crippen molar-refractivity contribution in [2.75, 3.05) is 17.3 Å². The number of aromatic nitrogens is 2. The number of methoxy groups -OCH3 is 1. The average molecular weight is 526 g/mol. The van der Waals surface area contributed by atoms with Gasteiger partial charge in [0.25, 0.3) is 0 Å². The van der Waals surface area contributed by atoms with Crippen LogP contribution >= 0.6 is 12.2 Å². The van der Waals surface area contributed by atoms with Crippen molar-refractivity contribution < 1.29 is 9.53 Å². The van der Waals surface area contributed by atoms with Crippen molar-refractivity contribution in [3.8, 4) is 11.4 Å². The molecule has 0 aliphatic carbocycles. The monoisotopic (exact) mass is 525 g/mol. The molecule has 1 aliphatic rings. The Morgan fingerprint density at radius 1 is 1.03 bits per heavy atom. The molecule has 1 amide bonds. The first-order chi connectivity index (χ1) is 18.3. The number of carbonyl (C=O) groups is 1. The Bertz CT molecular complexity index is 1450. The molecule has 4 aromatic rings. The first-order valence-corrected chi connectivity index (χ1v) is 12.9. The highest BCUT2D eigenvalue weighted by molar-refractivity contribution is 7.80. The Kier molecular flexibility index (Phi) is 6.91. The molecule has 2 aromatic heterocycles. The molecule has 2 atom stereocenters. The van der Waals surface area contributed by atoms with Crippen molar-refractivity contribution in [3.05, 3.63) is 103 Å². The minimum atomic E-state index is -0.531. The number of ether oxygens (including phenoxy) is 1. The molecule has 5 rings (SSSR count). The van der Waals surface area contributed by atoms with Crippen molar-refractivity contribution in [2.45, 2.75) is 32.9 Å². The van der Waals surface area contributed by atoms with E-state index in [0.29, 0.717) is 16.5 Å². The maximum Gasteiger partial charge on any atom is 0.229 e. The highest BCUT2D eigenvalue weighted by atomic mass is 32.1. The second-order valence-corrected chi connectivity index (χ2v) is 10.7. The minimum absolute atomic E-state index is 0.0859. The quantitative estimate of drug-likeness (QED) is 0.299. The number of hydrogen-bond acceptors (Lipinski definition) is 4. The lowest BCUT2D eigenvalue weighted by molar-refractivity contribution is -0.123. The third-order valence-electron chi connectivity index (χ3n) is 6.60. The van der Waals surface area contributed by atoms with Gasteiger partial charge in [0.1, 0.15) is 5.75 Å². The number of pyridine rings is 1. The molecule has 0 saturated carbocycles. The standard InChI is InChI=1S/C30H31N5O2S/c1-30(2,3)28(36)32-23-14-13-22(18-25(23)37-4)35-27(26(33-29(35)38)24-12-8-9-16-31-24)20-15-17-34(19-20)21-10-6-5-7-11-21/h5-19,26-27H,1-4H3,(H,32,36)(H,33,38). The van der Waals surface area contributed by atoms with Gasteiger partial charge in [0.05, 0.1) is 30.6 Å². The van der Waals surface area contributed by atoms with Crippen LogP contribution in [0.25, 0.3) is 5.69 Å². The first-order valence-electron chi connectivity index (χ1n) is 12.5. The summed E-state index contributed by atoms with van der Waals surface area (Å²) in [4.78, 5) is 19.4. The Hall–Kier alpha value is -4.17. The van der Waals surface area contributed by atoms with Crippen LogP contribution in [0.1, 0.15) is 44.1 Å². The zero-order valence-corrected chi connectivity index (χ0v) is 22.7. The van der Waals surface area contributed by atoms with Gasteiger partial charge < -0.3 is 24.8 Å². The number of nitrogens with zero attached hydrogens (tertiary/aromatic N) is 3. The van der Waals surface area contributed by atoms with E-state index in [1.807, 2.05) is 75.4 Å². The van der Waals surface area contributed by atoms with E-state index in [1.54, 1.807) is 13.3 Å². The van der Waals surface area contributed by atoms with Crippen molar-refractivity contribution in [2.24, 2.45) is 5.41 Å². The molecule has 0 spiro atoms. The predicted molar refractivity (Wildman–Crippen MR) is 155 cm³/mol. The van der Waals surface area contributed by atoms with Crippen molar-refractivity contribution in [1.29, 1.82) is 0 Å². The van der Waals surface area contributed by atoms with E-state index in [-0.39, 0.29) is 18.0 Å². The molecule has 1 aliphatic heterocycles. The highest BCUT2D eigenvalue weighted by Crippen LogP contribution is 2.43. The van der Waals surface area contributed by atoms with Gasteiger partial charge in [0.2, 0.25) is 5.91 Å². The first kappa shape index (κ1) is 25.5. The van der Waals surface area contributed by atoms with E-state index in [2.05, 4.69) is 55.7 Å². The van der Waals surface area contributed by atoms with Crippen molar-refractivity contribution in [3.63, 3.8) is 0 Å². The van der Waals surface area contributed by atoms with E-state index in [0.717, 1.165) is 22.6 Å². The maximum atomic E-state index is 12.6. The fraction of sp³-hybridized carbons (Fsp3) is 0.233. The number of anilines is 2. The molecule has 8 heteroatoms. The number of nitrogens with one attached hydrogen (secondary N) is 2. The van der Waals surface area contributed by atoms with Crippen molar-refractivity contribution >= 4 is 34.6 Å². The second-order valence-electron chi connectivity index (χ2n) is 10.3. The zero-order chi connectivity index (χ0) is 26.9. The van der Waals surface area contributed by atoms with Gasteiger partial charge in [-0.3, -0.25) is 9.78 Å². The summed E-state index contributed by atoms with van der Waals surface area (Å²) in [5.74, 6) is 0.474. The van der Waals surface area contributed by atoms with Gasteiger partial charge in [-0.1, -0.05) is 45.0 Å². The summed E-state index contributed by atoms with van der Waals surface area (Å²) in [6.07, 6.45) is 5.99. The fourth-order valence-electron chi connectivity index (χ4n) is 4.56. The number of amides is 1. The zero-order valence-electron chi connectivity index (χ0n) is 21.9. The second kappa shape index (κ2) is 10.3. The summed E-state index contributed by atoms with van der Waals surface area (Å²) in [5.41, 5.74) is 3.99. The van der Waals surface area contributed by atoms with E-state index < -0.39 is 5.41 Å².